The number of nitrogens with zero attached hydrogens (tertiary/aromatic N) is 3. The van der Waals surface area contributed by atoms with E-state index < -0.39 is 0 Å². The number of hydrogen-bond acceptors (Lipinski definition) is 2. The molecular weight excluding hydrogens is 367 g/mol. The monoisotopic (exact) mass is 382 g/mol. The molecule has 27 heavy (non-hydrogen) atoms. The number of halogens is 2. The molecule has 0 fully saturated rings. The zero-order chi connectivity index (χ0) is 19.0. The maximum absolute atomic E-state index is 13.8. The lowest BCUT2D eigenvalue weighted by Gasteiger charge is -2.05. The fraction of sp³-hybridized carbons (Fsp3) is 0.100. The average Bonchev–Trinajstić information content (AvgIpc) is 3.22. The summed E-state index contributed by atoms with van der Waals surface area (Å²) in [7, 11) is 1.81. The molecule has 7 heteroatoms. The van der Waals surface area contributed by atoms with Crippen molar-refractivity contribution in [2.24, 2.45) is 7.05 Å². The van der Waals surface area contributed by atoms with E-state index in [0.29, 0.717) is 22.0 Å². The van der Waals surface area contributed by atoms with Crippen molar-refractivity contribution in [3.63, 3.8) is 0 Å². The molecule has 5 nitrogen and oxygen atoms in total. The molecule has 0 saturated carbocycles. The van der Waals surface area contributed by atoms with Crippen molar-refractivity contribution in [1.82, 2.24) is 14.3 Å². The highest BCUT2D eigenvalue weighted by atomic mass is 35.5. The van der Waals surface area contributed by atoms with Gasteiger partial charge in [0.05, 0.1) is 18.4 Å². The van der Waals surface area contributed by atoms with Crippen LogP contribution in [0.3, 0.4) is 0 Å². The number of hydrogen-bond donors (Lipinski definition) is 1. The van der Waals surface area contributed by atoms with Crippen LogP contribution < -0.4 is 5.32 Å². The van der Waals surface area contributed by atoms with E-state index in [0.717, 1.165) is 10.9 Å². The number of anilines is 1. The highest BCUT2D eigenvalue weighted by Crippen LogP contribution is 2.26. The van der Waals surface area contributed by atoms with Gasteiger partial charge in [-0.05, 0) is 24.3 Å². The first kappa shape index (κ1) is 17.3. The number of aryl methyl sites for hydroxylation is 1. The van der Waals surface area contributed by atoms with Gasteiger partial charge in [-0.2, -0.15) is 5.10 Å². The molecule has 2 aromatic carbocycles. The average molecular weight is 383 g/mol. The zero-order valence-electron chi connectivity index (χ0n) is 14.5. The van der Waals surface area contributed by atoms with Crippen molar-refractivity contribution in [2.75, 3.05) is 5.32 Å². The molecule has 4 rings (SSSR count). The standard InChI is InChI=1S/C20H16ClFN4O/c1-25-18-8-4-6-16(21)15(18)9-19(25)20(27)24-14-10-23-26(12-14)11-13-5-2-3-7-17(13)22/h2-10,12H,11H2,1H3,(H,24,27). The maximum Gasteiger partial charge on any atom is 0.272 e. The lowest BCUT2D eigenvalue weighted by molar-refractivity contribution is 0.101. The van der Waals surface area contributed by atoms with Gasteiger partial charge in [0.15, 0.2) is 0 Å². The Morgan fingerprint density at radius 1 is 1.22 bits per heavy atom. The summed E-state index contributed by atoms with van der Waals surface area (Å²) >= 11 is 6.21. The molecule has 2 heterocycles. The van der Waals surface area contributed by atoms with E-state index in [1.807, 2.05) is 19.2 Å². The smallest absolute Gasteiger partial charge is 0.272 e. The second kappa shape index (κ2) is 6.89. The van der Waals surface area contributed by atoms with Crippen molar-refractivity contribution in [3.05, 3.63) is 83.0 Å². The summed E-state index contributed by atoms with van der Waals surface area (Å²) in [6.07, 6.45) is 3.20. The third kappa shape index (κ3) is 3.31. The minimum atomic E-state index is -0.286. The number of nitrogens with one attached hydrogen (secondary N) is 1. The van der Waals surface area contributed by atoms with Gasteiger partial charge in [-0.1, -0.05) is 35.9 Å². The minimum Gasteiger partial charge on any atom is -0.340 e. The Kier molecular flexibility index (Phi) is 4.41. The van der Waals surface area contributed by atoms with Crippen LogP contribution in [-0.2, 0) is 13.6 Å². The van der Waals surface area contributed by atoms with E-state index >= 15 is 0 Å². The number of carbonyl (C=O) groups is 1. The molecule has 2 aromatic heterocycles. The first-order valence-corrected chi connectivity index (χ1v) is 8.72. The lowest BCUT2D eigenvalue weighted by atomic mass is 10.2. The van der Waals surface area contributed by atoms with Gasteiger partial charge in [0.2, 0.25) is 0 Å². The van der Waals surface area contributed by atoms with Crippen molar-refractivity contribution in [3.8, 4) is 0 Å². The summed E-state index contributed by atoms with van der Waals surface area (Å²) in [5.41, 5.74) is 2.43. The molecule has 0 spiro atoms. The number of amides is 1. The second-order valence-electron chi connectivity index (χ2n) is 6.23. The van der Waals surface area contributed by atoms with Gasteiger partial charge in [0, 0.05) is 34.7 Å². The number of benzene rings is 2. The van der Waals surface area contributed by atoms with Crippen LogP contribution >= 0.6 is 11.6 Å². The molecule has 4 aromatic rings. The normalized spacial score (nSPS) is 11.1. The Bertz CT molecular complexity index is 1150. The summed E-state index contributed by atoms with van der Waals surface area (Å²) < 4.78 is 17.1. The third-order valence-corrected chi connectivity index (χ3v) is 4.78. The van der Waals surface area contributed by atoms with E-state index in [4.69, 9.17) is 11.6 Å². The quantitative estimate of drug-likeness (QED) is 0.566. The molecule has 0 bridgehead atoms. The largest absolute Gasteiger partial charge is 0.340 e. The van der Waals surface area contributed by atoms with Crippen LogP contribution in [0, 0.1) is 5.82 Å². The fourth-order valence-corrected chi connectivity index (χ4v) is 3.28. The van der Waals surface area contributed by atoms with Gasteiger partial charge >= 0.3 is 0 Å². The Hall–Kier alpha value is -3.12. The van der Waals surface area contributed by atoms with Crippen LogP contribution in [0.2, 0.25) is 5.02 Å². The van der Waals surface area contributed by atoms with Gasteiger partial charge in [0.1, 0.15) is 11.5 Å². The molecular formula is C20H16ClFN4O. The molecule has 0 unspecified atom stereocenters. The number of carbonyl (C=O) groups excluding carboxylic acids is 1. The Labute approximate surface area is 160 Å². The van der Waals surface area contributed by atoms with Crippen LogP contribution in [0.5, 0.6) is 0 Å². The molecule has 0 aliphatic carbocycles. The van der Waals surface area contributed by atoms with Crippen LogP contribution in [0.15, 0.2) is 60.9 Å². The van der Waals surface area contributed by atoms with Crippen molar-refractivity contribution < 1.29 is 9.18 Å². The topological polar surface area (TPSA) is 51.9 Å². The van der Waals surface area contributed by atoms with Gasteiger partial charge in [-0.3, -0.25) is 9.48 Å². The molecule has 136 valence electrons. The zero-order valence-corrected chi connectivity index (χ0v) is 15.2. The molecule has 1 amide bonds. The predicted molar refractivity (Wildman–Crippen MR) is 104 cm³/mol. The molecule has 0 aliphatic heterocycles. The SMILES string of the molecule is Cn1c(C(=O)Nc2cnn(Cc3ccccc3F)c2)cc2c(Cl)cccc21. The summed E-state index contributed by atoms with van der Waals surface area (Å²) in [6, 6.07) is 13.8. The molecule has 0 saturated heterocycles. The van der Waals surface area contributed by atoms with Gasteiger partial charge in [-0.25, -0.2) is 4.39 Å². The molecule has 0 aliphatic rings. The predicted octanol–water partition coefficient (Wildman–Crippen LogP) is 4.47. The maximum atomic E-state index is 13.8. The third-order valence-electron chi connectivity index (χ3n) is 4.45. The summed E-state index contributed by atoms with van der Waals surface area (Å²) in [5, 5.41) is 8.42. The number of rotatable bonds is 4. The molecule has 0 atom stereocenters. The van der Waals surface area contributed by atoms with Crippen LogP contribution in [0.1, 0.15) is 16.1 Å². The second-order valence-corrected chi connectivity index (χ2v) is 6.64. The Morgan fingerprint density at radius 3 is 2.81 bits per heavy atom. The van der Waals surface area contributed by atoms with Crippen LogP contribution in [0.4, 0.5) is 10.1 Å². The Balaban J connectivity index is 1.54. The highest BCUT2D eigenvalue weighted by Gasteiger charge is 2.15. The first-order chi connectivity index (χ1) is 13.0. The molecule has 1 N–H and O–H groups in total. The fourth-order valence-electron chi connectivity index (χ4n) is 3.05. The lowest BCUT2D eigenvalue weighted by Crippen LogP contribution is -2.15. The summed E-state index contributed by atoms with van der Waals surface area (Å²) in [6.45, 7) is 0.284. The van der Waals surface area contributed by atoms with E-state index in [9.17, 15) is 9.18 Å². The summed E-state index contributed by atoms with van der Waals surface area (Å²) in [4.78, 5) is 12.7. The van der Waals surface area contributed by atoms with Gasteiger partial charge in [0.25, 0.3) is 5.91 Å². The van der Waals surface area contributed by atoms with Gasteiger partial charge < -0.3 is 9.88 Å². The van der Waals surface area contributed by atoms with Gasteiger partial charge in [-0.15, -0.1) is 0 Å². The highest BCUT2D eigenvalue weighted by molar-refractivity contribution is 6.35. The van der Waals surface area contributed by atoms with Crippen molar-refractivity contribution >= 4 is 34.1 Å². The Morgan fingerprint density at radius 2 is 2.04 bits per heavy atom. The van der Waals surface area contributed by atoms with Crippen molar-refractivity contribution in [1.29, 1.82) is 0 Å². The van der Waals surface area contributed by atoms with E-state index in [1.54, 1.807) is 45.8 Å². The minimum absolute atomic E-state index is 0.268. The van der Waals surface area contributed by atoms with E-state index in [2.05, 4.69) is 10.4 Å². The van der Waals surface area contributed by atoms with Crippen LogP contribution in [-0.4, -0.2) is 20.3 Å². The number of aromatic nitrogens is 3. The molecule has 0 radical (unpaired) electrons. The summed E-state index contributed by atoms with van der Waals surface area (Å²) in [5.74, 6) is -0.554. The first-order valence-electron chi connectivity index (χ1n) is 8.34. The number of fused-ring (bicyclic) bond motifs is 1. The van der Waals surface area contributed by atoms with Crippen LogP contribution in [0.25, 0.3) is 10.9 Å². The van der Waals surface area contributed by atoms with E-state index in [1.165, 1.54) is 12.3 Å². The van der Waals surface area contributed by atoms with E-state index in [-0.39, 0.29) is 18.3 Å². The van der Waals surface area contributed by atoms with Crippen molar-refractivity contribution in [2.45, 2.75) is 6.54 Å².